The Morgan fingerprint density at radius 3 is 2.91 bits per heavy atom. The van der Waals surface area contributed by atoms with Crippen LogP contribution in [0.3, 0.4) is 0 Å². The lowest BCUT2D eigenvalue weighted by Gasteiger charge is -2.24. The molecule has 3 amide bonds. The van der Waals surface area contributed by atoms with Crippen molar-refractivity contribution in [3.05, 3.63) is 23.3 Å². The van der Waals surface area contributed by atoms with Crippen molar-refractivity contribution in [2.45, 2.75) is 32.4 Å². The highest BCUT2D eigenvalue weighted by molar-refractivity contribution is 6.00. The van der Waals surface area contributed by atoms with Crippen LogP contribution in [0, 0.1) is 0 Å². The molecular formula is C15H19N3O4. The first-order valence-corrected chi connectivity index (χ1v) is 6.98. The van der Waals surface area contributed by atoms with Gasteiger partial charge in [0, 0.05) is 36.3 Å². The average molecular weight is 305 g/mol. The first-order valence-electron chi connectivity index (χ1n) is 6.98. The van der Waals surface area contributed by atoms with Crippen LogP contribution in [0.2, 0.25) is 0 Å². The molecule has 3 N–H and O–H groups in total. The minimum absolute atomic E-state index is 0.121. The van der Waals surface area contributed by atoms with Gasteiger partial charge in [-0.1, -0.05) is 0 Å². The van der Waals surface area contributed by atoms with E-state index in [1.54, 1.807) is 17.0 Å². The fraction of sp³-hybridized carbons (Fsp3) is 0.400. The number of carbonyl (C=O) groups excluding carboxylic acids is 3. The summed E-state index contributed by atoms with van der Waals surface area (Å²) in [5, 5.41) is 2.08. The van der Waals surface area contributed by atoms with E-state index in [1.807, 2.05) is 6.92 Å². The number of anilines is 1. The number of ether oxygens (including phenoxy) is 1. The number of carbonyl (C=O) groups is 3. The van der Waals surface area contributed by atoms with Crippen molar-refractivity contribution in [2.24, 2.45) is 0 Å². The van der Waals surface area contributed by atoms with Crippen LogP contribution < -0.4 is 15.8 Å². The van der Waals surface area contributed by atoms with Gasteiger partial charge in [0.2, 0.25) is 12.3 Å². The number of nitrogens with two attached hydrogens (primary N) is 1. The lowest BCUT2D eigenvalue weighted by Crippen LogP contribution is -2.34. The van der Waals surface area contributed by atoms with E-state index in [4.69, 9.17) is 10.5 Å². The lowest BCUT2D eigenvalue weighted by atomic mass is 10.1. The number of imide groups is 1. The molecule has 0 radical (unpaired) electrons. The number of fused-ring (bicyclic) bond motifs is 1. The fourth-order valence-corrected chi connectivity index (χ4v) is 2.54. The summed E-state index contributed by atoms with van der Waals surface area (Å²) >= 11 is 0. The molecule has 0 saturated carbocycles. The number of nitrogens with one attached hydrogen (secondary N) is 1. The second-order valence-corrected chi connectivity index (χ2v) is 5.25. The maximum atomic E-state index is 12.5. The number of methoxy groups -OCH3 is 1. The summed E-state index contributed by atoms with van der Waals surface area (Å²) in [7, 11) is 1.52. The molecule has 0 bridgehead atoms. The normalized spacial score (nSPS) is 14.5. The third kappa shape index (κ3) is 3.03. The number of benzene rings is 1. The Labute approximate surface area is 128 Å². The molecule has 0 saturated heterocycles. The molecule has 2 rings (SSSR count). The molecule has 1 aliphatic heterocycles. The van der Waals surface area contributed by atoms with Crippen LogP contribution in [-0.4, -0.2) is 36.3 Å². The van der Waals surface area contributed by atoms with Crippen molar-refractivity contribution < 1.29 is 19.1 Å². The predicted molar refractivity (Wildman–Crippen MR) is 80.2 cm³/mol. The molecule has 1 heterocycles. The Kier molecular flexibility index (Phi) is 4.65. The van der Waals surface area contributed by atoms with E-state index in [2.05, 4.69) is 5.32 Å². The average Bonchev–Trinajstić information content (AvgIpc) is 2.83. The molecule has 1 atom stereocenters. The van der Waals surface area contributed by atoms with Gasteiger partial charge in [0.05, 0.1) is 12.7 Å². The first-order chi connectivity index (χ1) is 10.5. The van der Waals surface area contributed by atoms with Crippen molar-refractivity contribution in [3.63, 3.8) is 0 Å². The van der Waals surface area contributed by atoms with Crippen molar-refractivity contribution in [2.75, 3.05) is 12.8 Å². The van der Waals surface area contributed by atoms with Crippen molar-refractivity contribution in [3.8, 4) is 5.75 Å². The number of nitrogens with zero attached hydrogens (tertiary/aromatic N) is 1. The predicted octanol–water partition coefficient (Wildman–Crippen LogP) is 0.674. The Morgan fingerprint density at radius 1 is 1.55 bits per heavy atom. The third-order valence-corrected chi connectivity index (χ3v) is 3.85. The zero-order valence-electron chi connectivity index (χ0n) is 12.6. The minimum atomic E-state index is -0.354. The van der Waals surface area contributed by atoms with E-state index in [1.165, 1.54) is 7.11 Å². The Bertz CT molecular complexity index is 615. The zero-order chi connectivity index (χ0) is 16.3. The van der Waals surface area contributed by atoms with Gasteiger partial charge in [0.25, 0.3) is 5.91 Å². The molecule has 1 aromatic rings. The summed E-state index contributed by atoms with van der Waals surface area (Å²) in [5.41, 5.74) is 7.83. The number of nitrogen functional groups attached to an aromatic ring is 1. The highest BCUT2D eigenvalue weighted by Gasteiger charge is 2.32. The van der Waals surface area contributed by atoms with E-state index in [0.717, 1.165) is 5.56 Å². The van der Waals surface area contributed by atoms with Crippen LogP contribution in [0.5, 0.6) is 5.75 Å². The Hall–Kier alpha value is -2.57. The second-order valence-electron chi connectivity index (χ2n) is 5.25. The van der Waals surface area contributed by atoms with Gasteiger partial charge in [-0.25, -0.2) is 0 Å². The maximum Gasteiger partial charge on any atom is 0.254 e. The zero-order valence-corrected chi connectivity index (χ0v) is 12.6. The summed E-state index contributed by atoms with van der Waals surface area (Å²) < 4.78 is 5.13. The van der Waals surface area contributed by atoms with Gasteiger partial charge in [-0.15, -0.1) is 0 Å². The smallest absolute Gasteiger partial charge is 0.254 e. The van der Waals surface area contributed by atoms with Crippen LogP contribution in [-0.2, 0) is 16.1 Å². The Balaban J connectivity index is 2.09. The summed E-state index contributed by atoms with van der Waals surface area (Å²) in [6, 6.07) is 3.24. The van der Waals surface area contributed by atoms with Gasteiger partial charge in [-0.3, -0.25) is 19.7 Å². The molecule has 0 aliphatic carbocycles. The van der Waals surface area contributed by atoms with Gasteiger partial charge in [0.15, 0.2) is 0 Å². The summed E-state index contributed by atoms with van der Waals surface area (Å²) in [4.78, 5) is 35.7. The summed E-state index contributed by atoms with van der Waals surface area (Å²) in [5.74, 6) is 0.0700. The number of hydrogen-bond donors (Lipinski definition) is 2. The topological polar surface area (TPSA) is 102 Å². The van der Waals surface area contributed by atoms with E-state index in [9.17, 15) is 14.4 Å². The van der Waals surface area contributed by atoms with Gasteiger partial charge in [0.1, 0.15) is 5.75 Å². The molecule has 0 aromatic heterocycles. The van der Waals surface area contributed by atoms with Crippen LogP contribution in [0.25, 0.3) is 0 Å². The SMILES string of the molecule is COc1cc(N)c2c(c1)C(=O)N(C(C)CCC(=O)NC=O)C2. The second kappa shape index (κ2) is 6.46. The number of rotatable bonds is 6. The first kappa shape index (κ1) is 15.8. The van der Waals surface area contributed by atoms with Crippen LogP contribution in [0.1, 0.15) is 35.7 Å². The minimum Gasteiger partial charge on any atom is -0.497 e. The highest BCUT2D eigenvalue weighted by Crippen LogP contribution is 2.33. The molecule has 118 valence electrons. The monoisotopic (exact) mass is 305 g/mol. The van der Waals surface area contributed by atoms with Crippen molar-refractivity contribution >= 4 is 23.9 Å². The fourth-order valence-electron chi connectivity index (χ4n) is 2.54. The van der Waals surface area contributed by atoms with Crippen LogP contribution in [0.15, 0.2) is 12.1 Å². The molecular weight excluding hydrogens is 286 g/mol. The van der Waals surface area contributed by atoms with Gasteiger partial charge >= 0.3 is 0 Å². The van der Waals surface area contributed by atoms with Gasteiger partial charge < -0.3 is 15.4 Å². The lowest BCUT2D eigenvalue weighted by molar-refractivity contribution is -0.125. The Morgan fingerprint density at radius 2 is 2.27 bits per heavy atom. The maximum absolute atomic E-state index is 12.5. The van der Waals surface area contributed by atoms with E-state index >= 15 is 0 Å². The third-order valence-electron chi connectivity index (χ3n) is 3.85. The van der Waals surface area contributed by atoms with Crippen molar-refractivity contribution in [1.82, 2.24) is 10.2 Å². The van der Waals surface area contributed by atoms with E-state index in [-0.39, 0.29) is 24.3 Å². The van der Waals surface area contributed by atoms with Crippen LogP contribution in [0.4, 0.5) is 5.69 Å². The summed E-state index contributed by atoms with van der Waals surface area (Å²) in [6.07, 6.45) is 1.01. The molecule has 22 heavy (non-hydrogen) atoms. The van der Waals surface area contributed by atoms with Gasteiger partial charge in [-0.05, 0) is 19.4 Å². The largest absolute Gasteiger partial charge is 0.497 e. The highest BCUT2D eigenvalue weighted by atomic mass is 16.5. The quantitative estimate of drug-likeness (QED) is 0.594. The van der Waals surface area contributed by atoms with Gasteiger partial charge in [-0.2, -0.15) is 0 Å². The molecule has 7 nitrogen and oxygen atoms in total. The molecule has 0 fully saturated rings. The molecule has 1 aliphatic rings. The molecule has 7 heteroatoms. The van der Waals surface area contributed by atoms with Crippen molar-refractivity contribution in [1.29, 1.82) is 0 Å². The molecule has 1 unspecified atom stereocenters. The van der Waals surface area contributed by atoms with Crippen LogP contribution >= 0.6 is 0 Å². The van der Waals surface area contributed by atoms with E-state index < -0.39 is 0 Å². The standard InChI is InChI=1S/C15H19N3O4/c1-9(3-4-14(20)17-8-19)18-7-12-11(15(18)21)5-10(22-2)6-13(12)16/h5-6,8-9H,3-4,7,16H2,1-2H3,(H,17,19,20). The summed E-state index contributed by atoms with van der Waals surface area (Å²) in [6.45, 7) is 2.28. The van der Waals surface area contributed by atoms with E-state index in [0.29, 0.717) is 36.4 Å². The number of hydrogen-bond acceptors (Lipinski definition) is 5. The molecule has 0 spiro atoms. The number of amides is 3. The molecule has 1 aromatic carbocycles.